The van der Waals surface area contributed by atoms with Gasteiger partial charge in [0.25, 0.3) is 11.8 Å². The summed E-state index contributed by atoms with van der Waals surface area (Å²) in [5.41, 5.74) is 5.68. The van der Waals surface area contributed by atoms with Crippen LogP contribution >= 0.6 is 0 Å². The highest BCUT2D eigenvalue weighted by atomic mass is 16.3. The van der Waals surface area contributed by atoms with Gasteiger partial charge in [0.15, 0.2) is 5.84 Å². The maximum absolute atomic E-state index is 13.1. The monoisotopic (exact) mass is 397 g/mol. The van der Waals surface area contributed by atoms with Gasteiger partial charge in [0.2, 0.25) is 0 Å². The Balaban J connectivity index is 1.77. The third-order valence-corrected chi connectivity index (χ3v) is 4.61. The first-order chi connectivity index (χ1) is 14.5. The first-order valence-corrected chi connectivity index (χ1v) is 9.38. The largest absolute Gasteiger partial charge is 0.508 e. The van der Waals surface area contributed by atoms with Gasteiger partial charge in [-0.05, 0) is 42.8 Å². The van der Waals surface area contributed by atoms with Gasteiger partial charge in [-0.1, -0.05) is 60.2 Å². The van der Waals surface area contributed by atoms with Gasteiger partial charge in [-0.25, -0.2) is 4.99 Å². The smallest absolute Gasteiger partial charge is 0.288 e. The lowest BCUT2D eigenvalue weighted by atomic mass is 10.1. The van der Waals surface area contributed by atoms with Crippen LogP contribution in [0.5, 0.6) is 5.75 Å². The van der Waals surface area contributed by atoms with E-state index in [1.54, 1.807) is 30.3 Å². The Morgan fingerprint density at radius 2 is 1.63 bits per heavy atom. The molecule has 0 fully saturated rings. The van der Waals surface area contributed by atoms with Gasteiger partial charge in [0, 0.05) is 11.1 Å². The molecule has 2 amide bonds. The average Bonchev–Trinajstić information content (AvgIpc) is 2.77. The first kappa shape index (κ1) is 19.1. The van der Waals surface area contributed by atoms with E-state index in [2.05, 4.69) is 10.4 Å². The summed E-state index contributed by atoms with van der Waals surface area (Å²) in [6.07, 6.45) is 1.60. The summed E-state index contributed by atoms with van der Waals surface area (Å²) in [7, 11) is 0. The SMILES string of the molecule is Cc1ccc(C(=O)N2NC(=O)/C(=C\c3ccc(O)cc3)N=C2c2ccccc2)cc1. The van der Waals surface area contributed by atoms with Crippen molar-refractivity contribution >= 4 is 23.7 Å². The van der Waals surface area contributed by atoms with Crippen molar-refractivity contribution in [2.45, 2.75) is 6.92 Å². The number of phenolic OH excluding ortho intramolecular Hbond substituents is 1. The Hall–Kier alpha value is -4.19. The number of phenols is 1. The van der Waals surface area contributed by atoms with E-state index in [1.165, 1.54) is 17.1 Å². The summed E-state index contributed by atoms with van der Waals surface area (Å²) in [6, 6.07) is 22.7. The van der Waals surface area contributed by atoms with E-state index in [-0.39, 0.29) is 17.4 Å². The second-order valence-corrected chi connectivity index (χ2v) is 6.87. The lowest BCUT2D eigenvalue weighted by Crippen LogP contribution is -2.53. The Labute approximate surface area is 173 Å². The summed E-state index contributed by atoms with van der Waals surface area (Å²) >= 11 is 0. The molecule has 3 aromatic carbocycles. The van der Waals surface area contributed by atoms with Crippen LogP contribution in [0.3, 0.4) is 0 Å². The number of benzene rings is 3. The van der Waals surface area contributed by atoms with E-state index in [4.69, 9.17) is 0 Å². The molecule has 0 saturated heterocycles. The highest BCUT2D eigenvalue weighted by molar-refractivity contribution is 6.18. The van der Waals surface area contributed by atoms with Gasteiger partial charge in [0.05, 0.1) is 0 Å². The fourth-order valence-corrected chi connectivity index (χ4v) is 3.01. The van der Waals surface area contributed by atoms with Crippen LogP contribution in [0, 0.1) is 6.92 Å². The molecule has 4 rings (SSSR count). The molecule has 3 aromatic rings. The second kappa shape index (κ2) is 8.05. The van der Waals surface area contributed by atoms with Crippen LogP contribution in [-0.4, -0.2) is 27.8 Å². The third kappa shape index (κ3) is 3.98. The number of aromatic hydroxyl groups is 1. The fourth-order valence-electron chi connectivity index (χ4n) is 3.01. The highest BCUT2D eigenvalue weighted by Gasteiger charge is 2.30. The summed E-state index contributed by atoms with van der Waals surface area (Å²) in [5, 5.41) is 10.6. The molecule has 0 bridgehead atoms. The number of aryl methyl sites for hydroxylation is 1. The van der Waals surface area contributed by atoms with Crippen LogP contribution in [0.15, 0.2) is 89.6 Å². The number of aliphatic imine (C=N–C) groups is 1. The molecule has 0 saturated carbocycles. The third-order valence-electron chi connectivity index (χ3n) is 4.61. The summed E-state index contributed by atoms with van der Waals surface area (Å²) < 4.78 is 0. The number of carbonyl (C=O) groups excluding carboxylic acids is 2. The van der Waals surface area contributed by atoms with Crippen molar-refractivity contribution in [3.63, 3.8) is 0 Å². The van der Waals surface area contributed by atoms with Crippen molar-refractivity contribution in [2.75, 3.05) is 0 Å². The van der Waals surface area contributed by atoms with Crippen molar-refractivity contribution in [1.29, 1.82) is 0 Å². The highest BCUT2D eigenvalue weighted by Crippen LogP contribution is 2.19. The molecule has 0 aliphatic carbocycles. The van der Waals surface area contributed by atoms with Crippen LogP contribution in [0.1, 0.15) is 27.0 Å². The maximum Gasteiger partial charge on any atom is 0.288 e. The zero-order valence-electron chi connectivity index (χ0n) is 16.2. The zero-order chi connectivity index (χ0) is 21.1. The lowest BCUT2D eigenvalue weighted by molar-refractivity contribution is -0.120. The molecule has 30 heavy (non-hydrogen) atoms. The van der Waals surface area contributed by atoms with Crippen molar-refractivity contribution in [3.8, 4) is 5.75 Å². The van der Waals surface area contributed by atoms with Gasteiger partial charge in [0.1, 0.15) is 11.4 Å². The summed E-state index contributed by atoms with van der Waals surface area (Å²) in [6.45, 7) is 1.94. The molecule has 0 unspecified atom stereocenters. The quantitative estimate of drug-likeness (QED) is 0.662. The van der Waals surface area contributed by atoms with E-state index in [0.29, 0.717) is 22.5 Å². The van der Waals surface area contributed by atoms with Crippen molar-refractivity contribution in [2.24, 2.45) is 4.99 Å². The standard InChI is InChI=1S/C24H19N3O3/c1-16-7-11-19(12-8-16)24(30)27-22(18-5-3-2-4-6-18)25-21(23(29)26-27)15-17-9-13-20(28)14-10-17/h2-15,28H,1H3,(H,26,29)/b21-15+. The van der Waals surface area contributed by atoms with E-state index >= 15 is 0 Å². The Kier molecular flexibility index (Phi) is 5.13. The van der Waals surface area contributed by atoms with Crippen LogP contribution in [0.25, 0.3) is 6.08 Å². The van der Waals surface area contributed by atoms with E-state index in [0.717, 1.165) is 5.56 Å². The number of hydrazine groups is 1. The predicted molar refractivity (Wildman–Crippen MR) is 115 cm³/mol. The number of nitrogens with one attached hydrogen (secondary N) is 1. The van der Waals surface area contributed by atoms with Crippen LogP contribution < -0.4 is 5.43 Å². The minimum absolute atomic E-state index is 0.133. The van der Waals surface area contributed by atoms with Crippen molar-refractivity contribution in [3.05, 3.63) is 107 Å². The predicted octanol–water partition coefficient (Wildman–Crippen LogP) is 3.68. The molecule has 0 spiro atoms. The van der Waals surface area contributed by atoms with Crippen LogP contribution in [0.2, 0.25) is 0 Å². The number of rotatable bonds is 3. The van der Waals surface area contributed by atoms with Crippen molar-refractivity contribution < 1.29 is 14.7 Å². The molecular formula is C24H19N3O3. The number of hydrogen-bond donors (Lipinski definition) is 2. The number of hydrogen-bond acceptors (Lipinski definition) is 4. The molecule has 0 atom stereocenters. The Morgan fingerprint density at radius 3 is 2.30 bits per heavy atom. The van der Waals surface area contributed by atoms with Gasteiger partial charge in [-0.15, -0.1) is 0 Å². The number of nitrogens with zero attached hydrogens (tertiary/aromatic N) is 2. The van der Waals surface area contributed by atoms with Gasteiger partial charge in [-0.3, -0.25) is 15.0 Å². The summed E-state index contributed by atoms with van der Waals surface area (Å²) in [4.78, 5) is 30.3. The normalized spacial score (nSPS) is 15.0. The topological polar surface area (TPSA) is 82.0 Å². The number of carbonyl (C=O) groups is 2. The average molecular weight is 397 g/mol. The van der Waals surface area contributed by atoms with E-state index < -0.39 is 5.91 Å². The number of amides is 2. The lowest BCUT2D eigenvalue weighted by Gasteiger charge is -2.28. The molecule has 6 heteroatoms. The van der Waals surface area contributed by atoms with Gasteiger partial charge < -0.3 is 5.11 Å². The van der Waals surface area contributed by atoms with Crippen LogP contribution in [-0.2, 0) is 4.79 Å². The molecular weight excluding hydrogens is 378 g/mol. The summed E-state index contributed by atoms with van der Waals surface area (Å²) in [5.74, 6) is -0.419. The molecule has 1 heterocycles. The fraction of sp³-hybridized carbons (Fsp3) is 0.0417. The second-order valence-electron chi connectivity index (χ2n) is 6.87. The maximum atomic E-state index is 13.1. The first-order valence-electron chi connectivity index (χ1n) is 9.38. The molecule has 6 nitrogen and oxygen atoms in total. The van der Waals surface area contributed by atoms with Crippen LogP contribution in [0.4, 0.5) is 0 Å². The molecule has 1 aliphatic heterocycles. The van der Waals surface area contributed by atoms with E-state index in [1.807, 2.05) is 49.4 Å². The Bertz CT molecular complexity index is 1150. The molecule has 1 aliphatic rings. The molecule has 2 N–H and O–H groups in total. The van der Waals surface area contributed by atoms with Gasteiger partial charge >= 0.3 is 0 Å². The molecule has 148 valence electrons. The Morgan fingerprint density at radius 1 is 0.967 bits per heavy atom. The number of amidine groups is 1. The molecule has 0 radical (unpaired) electrons. The zero-order valence-corrected chi connectivity index (χ0v) is 16.2. The minimum Gasteiger partial charge on any atom is -0.508 e. The van der Waals surface area contributed by atoms with E-state index in [9.17, 15) is 14.7 Å². The molecule has 0 aromatic heterocycles. The van der Waals surface area contributed by atoms with Crippen molar-refractivity contribution in [1.82, 2.24) is 10.4 Å². The minimum atomic E-state index is -0.497. The van der Waals surface area contributed by atoms with Gasteiger partial charge in [-0.2, -0.15) is 5.01 Å².